The van der Waals surface area contributed by atoms with E-state index < -0.39 is 11.9 Å². The van der Waals surface area contributed by atoms with Crippen LogP contribution in [0.5, 0.6) is 5.88 Å². The number of ether oxygens (including phenoxy) is 1. The monoisotopic (exact) mass is 328 g/mol. The maximum atomic E-state index is 12.2. The number of carbonyl (C=O) groups is 2. The van der Waals surface area contributed by atoms with E-state index in [0.29, 0.717) is 22.7 Å². The number of nitrogens with zero attached hydrogens (tertiary/aromatic N) is 1. The first-order valence-corrected chi connectivity index (χ1v) is 7.63. The van der Waals surface area contributed by atoms with E-state index in [9.17, 15) is 9.59 Å². The number of aliphatic carboxylic acids is 1. The largest absolute Gasteiger partial charge is 0.481 e. The van der Waals surface area contributed by atoms with Gasteiger partial charge in [-0.05, 0) is 44.5 Å². The van der Waals surface area contributed by atoms with Gasteiger partial charge in [0.25, 0.3) is 5.91 Å². The van der Waals surface area contributed by atoms with Crippen LogP contribution in [0.3, 0.4) is 0 Å². The van der Waals surface area contributed by atoms with Crippen LogP contribution in [0.25, 0.3) is 0 Å². The Morgan fingerprint density at radius 1 is 1.08 bits per heavy atom. The summed E-state index contributed by atoms with van der Waals surface area (Å²) in [7, 11) is 0. The summed E-state index contributed by atoms with van der Waals surface area (Å²) in [5.74, 6) is -1.31. The summed E-state index contributed by atoms with van der Waals surface area (Å²) in [6.07, 6.45) is 1.47. The molecule has 6 heteroatoms. The summed E-state index contributed by atoms with van der Waals surface area (Å²) < 4.78 is 5.43. The van der Waals surface area contributed by atoms with Gasteiger partial charge in [0.15, 0.2) is 0 Å². The molecule has 0 fully saturated rings. The number of pyridine rings is 1. The standard InChI is InChI=1S/C18H20N2O4/c1-11(2)24-16-9-6-14(10-19-16)17(21)20-15-7-4-13(5-8-15)12(3)18(22)23/h4-12H,1-3H3,(H,20,21)(H,22,23). The average molecular weight is 328 g/mol. The number of hydrogen-bond donors (Lipinski definition) is 2. The smallest absolute Gasteiger partial charge is 0.310 e. The van der Waals surface area contributed by atoms with Crippen LogP contribution in [0.15, 0.2) is 42.6 Å². The van der Waals surface area contributed by atoms with Gasteiger partial charge in [0.05, 0.1) is 17.6 Å². The zero-order chi connectivity index (χ0) is 17.7. The second-order valence-electron chi connectivity index (χ2n) is 5.69. The van der Waals surface area contributed by atoms with Crippen LogP contribution in [0.1, 0.15) is 42.6 Å². The van der Waals surface area contributed by atoms with Crippen molar-refractivity contribution in [1.82, 2.24) is 4.98 Å². The number of nitrogens with one attached hydrogen (secondary N) is 1. The van der Waals surface area contributed by atoms with Crippen LogP contribution >= 0.6 is 0 Å². The molecular weight excluding hydrogens is 308 g/mol. The van der Waals surface area contributed by atoms with E-state index in [0.717, 1.165) is 0 Å². The summed E-state index contributed by atoms with van der Waals surface area (Å²) in [5.41, 5.74) is 1.68. The number of amides is 1. The first kappa shape index (κ1) is 17.5. The molecule has 2 N–H and O–H groups in total. The zero-order valence-electron chi connectivity index (χ0n) is 13.8. The van der Waals surface area contributed by atoms with Gasteiger partial charge in [-0.25, -0.2) is 4.98 Å². The molecule has 1 unspecified atom stereocenters. The number of aromatic nitrogens is 1. The molecule has 2 aromatic rings. The number of benzene rings is 1. The molecule has 0 bridgehead atoms. The summed E-state index contributed by atoms with van der Waals surface area (Å²) in [6, 6.07) is 10.0. The van der Waals surface area contributed by atoms with E-state index in [-0.39, 0.29) is 12.0 Å². The van der Waals surface area contributed by atoms with Gasteiger partial charge in [0.1, 0.15) is 0 Å². The highest BCUT2D eigenvalue weighted by molar-refractivity contribution is 6.04. The predicted molar refractivity (Wildman–Crippen MR) is 90.4 cm³/mol. The van der Waals surface area contributed by atoms with Crippen molar-refractivity contribution in [2.45, 2.75) is 32.8 Å². The van der Waals surface area contributed by atoms with Gasteiger partial charge >= 0.3 is 5.97 Å². The number of carbonyl (C=O) groups excluding carboxylic acids is 1. The number of anilines is 1. The Kier molecular flexibility index (Phi) is 5.52. The molecule has 1 amide bonds. The molecule has 1 aromatic carbocycles. The van der Waals surface area contributed by atoms with Crippen LogP contribution in [-0.2, 0) is 4.79 Å². The highest BCUT2D eigenvalue weighted by atomic mass is 16.5. The number of carboxylic acid groups (broad SMARTS) is 1. The molecule has 0 saturated carbocycles. The maximum absolute atomic E-state index is 12.2. The summed E-state index contributed by atoms with van der Waals surface area (Å²) in [6.45, 7) is 5.41. The van der Waals surface area contributed by atoms with Crippen LogP contribution < -0.4 is 10.1 Å². The third kappa shape index (κ3) is 4.55. The molecule has 1 atom stereocenters. The van der Waals surface area contributed by atoms with Gasteiger partial charge in [0.2, 0.25) is 5.88 Å². The third-order valence-electron chi connectivity index (χ3n) is 3.39. The van der Waals surface area contributed by atoms with Crippen LogP contribution in [0, 0.1) is 0 Å². The van der Waals surface area contributed by atoms with Gasteiger partial charge in [-0.2, -0.15) is 0 Å². The van der Waals surface area contributed by atoms with Crippen molar-refractivity contribution in [2.75, 3.05) is 5.32 Å². The summed E-state index contributed by atoms with van der Waals surface area (Å²) >= 11 is 0. The Labute approximate surface area is 140 Å². The lowest BCUT2D eigenvalue weighted by Gasteiger charge is -2.10. The Morgan fingerprint density at radius 3 is 2.25 bits per heavy atom. The number of carboxylic acids is 1. The molecule has 0 radical (unpaired) electrons. The van der Waals surface area contributed by atoms with E-state index in [1.54, 1.807) is 43.3 Å². The molecule has 0 aliphatic heterocycles. The molecule has 6 nitrogen and oxygen atoms in total. The Hall–Kier alpha value is -2.89. The predicted octanol–water partition coefficient (Wildman–Crippen LogP) is 3.31. The summed E-state index contributed by atoms with van der Waals surface area (Å²) in [4.78, 5) is 27.2. The maximum Gasteiger partial charge on any atom is 0.310 e. The van der Waals surface area contributed by atoms with Crippen LogP contribution in [0.4, 0.5) is 5.69 Å². The van der Waals surface area contributed by atoms with Gasteiger partial charge in [-0.3, -0.25) is 9.59 Å². The minimum Gasteiger partial charge on any atom is -0.481 e. The Balaban J connectivity index is 2.02. The molecule has 0 aliphatic rings. The minimum absolute atomic E-state index is 0.0175. The SMILES string of the molecule is CC(C)Oc1ccc(C(=O)Nc2ccc(C(C)C(=O)O)cc2)cn1. The average Bonchev–Trinajstić information content (AvgIpc) is 2.55. The Morgan fingerprint density at radius 2 is 1.75 bits per heavy atom. The first-order valence-electron chi connectivity index (χ1n) is 7.63. The van der Waals surface area contributed by atoms with Crippen molar-refractivity contribution in [3.63, 3.8) is 0 Å². The van der Waals surface area contributed by atoms with E-state index in [1.165, 1.54) is 6.20 Å². The van der Waals surface area contributed by atoms with Crippen molar-refractivity contribution < 1.29 is 19.4 Å². The van der Waals surface area contributed by atoms with Gasteiger partial charge in [0, 0.05) is 18.0 Å². The molecule has 1 aromatic heterocycles. The fourth-order valence-corrected chi connectivity index (χ4v) is 2.03. The summed E-state index contributed by atoms with van der Waals surface area (Å²) in [5, 5.41) is 11.7. The first-order chi connectivity index (χ1) is 11.4. The normalized spacial score (nSPS) is 11.8. The molecular formula is C18H20N2O4. The number of hydrogen-bond acceptors (Lipinski definition) is 4. The van der Waals surface area contributed by atoms with Crippen molar-refractivity contribution in [3.8, 4) is 5.88 Å². The minimum atomic E-state index is -0.887. The molecule has 1 heterocycles. The quantitative estimate of drug-likeness (QED) is 0.849. The highest BCUT2D eigenvalue weighted by Gasteiger charge is 2.13. The van der Waals surface area contributed by atoms with Crippen molar-refractivity contribution in [1.29, 1.82) is 0 Å². The third-order valence-corrected chi connectivity index (χ3v) is 3.39. The fourth-order valence-electron chi connectivity index (χ4n) is 2.03. The van der Waals surface area contributed by atoms with Gasteiger partial charge in [-0.15, -0.1) is 0 Å². The number of rotatable bonds is 6. The lowest BCUT2D eigenvalue weighted by atomic mass is 10.0. The van der Waals surface area contributed by atoms with Crippen molar-refractivity contribution >= 4 is 17.6 Å². The lowest BCUT2D eigenvalue weighted by Crippen LogP contribution is -2.13. The van der Waals surface area contributed by atoms with E-state index in [1.807, 2.05) is 13.8 Å². The van der Waals surface area contributed by atoms with Crippen molar-refractivity contribution in [3.05, 3.63) is 53.7 Å². The molecule has 2 rings (SSSR count). The second kappa shape index (κ2) is 7.59. The zero-order valence-corrected chi connectivity index (χ0v) is 13.8. The van der Waals surface area contributed by atoms with E-state index >= 15 is 0 Å². The lowest BCUT2D eigenvalue weighted by molar-refractivity contribution is -0.138. The molecule has 0 saturated heterocycles. The van der Waals surface area contributed by atoms with Crippen molar-refractivity contribution in [2.24, 2.45) is 0 Å². The van der Waals surface area contributed by atoms with Gasteiger partial charge < -0.3 is 15.2 Å². The molecule has 0 aliphatic carbocycles. The van der Waals surface area contributed by atoms with E-state index in [4.69, 9.17) is 9.84 Å². The Bertz CT molecular complexity index is 709. The second-order valence-corrected chi connectivity index (χ2v) is 5.69. The molecule has 24 heavy (non-hydrogen) atoms. The van der Waals surface area contributed by atoms with Crippen LogP contribution in [-0.4, -0.2) is 28.1 Å². The topological polar surface area (TPSA) is 88.5 Å². The molecule has 126 valence electrons. The highest BCUT2D eigenvalue weighted by Crippen LogP contribution is 2.19. The van der Waals surface area contributed by atoms with Crippen LogP contribution in [0.2, 0.25) is 0 Å². The molecule has 0 spiro atoms. The fraction of sp³-hybridized carbons (Fsp3) is 0.278. The van der Waals surface area contributed by atoms with E-state index in [2.05, 4.69) is 10.3 Å². The van der Waals surface area contributed by atoms with Gasteiger partial charge in [-0.1, -0.05) is 12.1 Å².